The number of benzene rings is 1. The van der Waals surface area contributed by atoms with Crippen LogP contribution in [-0.4, -0.2) is 9.55 Å². The molecule has 1 aromatic carbocycles. The van der Waals surface area contributed by atoms with E-state index in [4.69, 9.17) is 0 Å². The van der Waals surface area contributed by atoms with E-state index in [9.17, 15) is 4.79 Å². The number of hydrogen-bond donors (Lipinski definition) is 0. The lowest BCUT2D eigenvalue weighted by atomic mass is 10.1. The molecule has 0 amide bonds. The SMILES string of the molecule is [CH2]c1ccc(Cn2ccncc2=O)cc1. The number of nitrogens with zero attached hydrogens (tertiary/aromatic N) is 2. The highest BCUT2D eigenvalue weighted by Gasteiger charge is 1.96. The molecule has 1 aromatic heterocycles. The summed E-state index contributed by atoms with van der Waals surface area (Å²) in [7, 11) is 0. The molecular weight excluding hydrogens is 188 g/mol. The summed E-state index contributed by atoms with van der Waals surface area (Å²) in [5.41, 5.74) is 1.97. The summed E-state index contributed by atoms with van der Waals surface area (Å²) in [5, 5.41) is 0. The van der Waals surface area contributed by atoms with Gasteiger partial charge in [0.2, 0.25) is 0 Å². The van der Waals surface area contributed by atoms with Crippen LogP contribution in [0, 0.1) is 6.92 Å². The molecule has 0 spiro atoms. The first-order valence-corrected chi connectivity index (χ1v) is 4.67. The highest BCUT2D eigenvalue weighted by Crippen LogP contribution is 2.03. The lowest BCUT2D eigenvalue weighted by Gasteiger charge is -2.04. The number of hydrogen-bond acceptors (Lipinski definition) is 2. The fraction of sp³-hybridized carbons (Fsp3) is 0.0833. The van der Waals surface area contributed by atoms with Gasteiger partial charge in [-0.05, 0) is 18.1 Å². The topological polar surface area (TPSA) is 34.9 Å². The average Bonchev–Trinajstić information content (AvgIpc) is 2.25. The standard InChI is InChI=1S/C12H11N2O/c1-10-2-4-11(5-3-10)9-14-7-6-13-8-12(14)15/h2-8H,1,9H2. The van der Waals surface area contributed by atoms with Crippen molar-refractivity contribution < 1.29 is 0 Å². The van der Waals surface area contributed by atoms with E-state index < -0.39 is 0 Å². The van der Waals surface area contributed by atoms with E-state index in [2.05, 4.69) is 11.9 Å². The maximum absolute atomic E-state index is 11.4. The van der Waals surface area contributed by atoms with Crippen molar-refractivity contribution in [3.05, 3.63) is 71.3 Å². The molecule has 0 fully saturated rings. The van der Waals surface area contributed by atoms with Crippen LogP contribution in [0.25, 0.3) is 0 Å². The third-order valence-corrected chi connectivity index (χ3v) is 2.18. The van der Waals surface area contributed by atoms with Crippen molar-refractivity contribution in [1.82, 2.24) is 9.55 Å². The molecule has 2 aromatic rings. The molecular formula is C12H11N2O. The Morgan fingerprint density at radius 1 is 1.27 bits per heavy atom. The molecule has 0 saturated carbocycles. The van der Waals surface area contributed by atoms with Gasteiger partial charge in [-0.1, -0.05) is 24.3 Å². The second kappa shape index (κ2) is 4.09. The second-order valence-electron chi connectivity index (χ2n) is 3.36. The molecule has 0 aliphatic carbocycles. The summed E-state index contributed by atoms with van der Waals surface area (Å²) in [6, 6.07) is 7.80. The van der Waals surface area contributed by atoms with Crippen LogP contribution in [0.4, 0.5) is 0 Å². The molecule has 1 heterocycles. The molecule has 3 heteroatoms. The van der Waals surface area contributed by atoms with Gasteiger partial charge in [-0.25, -0.2) is 0 Å². The van der Waals surface area contributed by atoms with Crippen molar-refractivity contribution in [2.45, 2.75) is 6.54 Å². The van der Waals surface area contributed by atoms with Gasteiger partial charge in [0.1, 0.15) is 0 Å². The lowest BCUT2D eigenvalue weighted by molar-refractivity contribution is 0.748. The molecule has 75 valence electrons. The molecule has 0 saturated heterocycles. The zero-order valence-electron chi connectivity index (χ0n) is 8.26. The molecule has 0 aliphatic heterocycles. The summed E-state index contributed by atoms with van der Waals surface area (Å²) >= 11 is 0. The number of aromatic nitrogens is 2. The van der Waals surface area contributed by atoms with Crippen molar-refractivity contribution in [3.8, 4) is 0 Å². The summed E-state index contributed by atoms with van der Waals surface area (Å²) in [5.74, 6) is 0. The molecule has 2 rings (SSSR count). The average molecular weight is 199 g/mol. The molecule has 1 radical (unpaired) electrons. The van der Waals surface area contributed by atoms with E-state index in [0.29, 0.717) is 6.54 Å². The monoisotopic (exact) mass is 199 g/mol. The van der Waals surface area contributed by atoms with E-state index in [1.165, 1.54) is 6.20 Å². The van der Waals surface area contributed by atoms with Gasteiger partial charge in [0, 0.05) is 12.4 Å². The minimum Gasteiger partial charge on any atom is -0.308 e. The lowest BCUT2D eigenvalue weighted by Crippen LogP contribution is -2.19. The Balaban J connectivity index is 2.26. The third kappa shape index (κ3) is 2.31. The number of rotatable bonds is 2. The van der Waals surface area contributed by atoms with Crippen LogP contribution in [0.1, 0.15) is 11.1 Å². The van der Waals surface area contributed by atoms with Crippen LogP contribution >= 0.6 is 0 Å². The maximum atomic E-state index is 11.4. The van der Waals surface area contributed by atoms with Gasteiger partial charge in [0.05, 0.1) is 12.7 Å². The molecule has 0 aliphatic rings. The van der Waals surface area contributed by atoms with Gasteiger partial charge in [-0.3, -0.25) is 9.78 Å². The summed E-state index contributed by atoms with van der Waals surface area (Å²) in [4.78, 5) is 15.1. The van der Waals surface area contributed by atoms with Gasteiger partial charge in [-0.15, -0.1) is 0 Å². The van der Waals surface area contributed by atoms with Crippen LogP contribution in [0.2, 0.25) is 0 Å². The van der Waals surface area contributed by atoms with Crippen LogP contribution in [-0.2, 0) is 6.54 Å². The summed E-state index contributed by atoms with van der Waals surface area (Å²) in [6.45, 7) is 4.38. The maximum Gasteiger partial charge on any atom is 0.269 e. The summed E-state index contributed by atoms with van der Waals surface area (Å²) in [6.07, 6.45) is 4.60. The Bertz CT molecular complexity index is 500. The highest BCUT2D eigenvalue weighted by molar-refractivity contribution is 5.24. The third-order valence-electron chi connectivity index (χ3n) is 2.18. The molecule has 0 unspecified atom stereocenters. The first-order valence-electron chi connectivity index (χ1n) is 4.67. The van der Waals surface area contributed by atoms with Gasteiger partial charge in [0.25, 0.3) is 5.56 Å². The van der Waals surface area contributed by atoms with Crippen molar-refractivity contribution in [2.75, 3.05) is 0 Å². The van der Waals surface area contributed by atoms with E-state index in [1.54, 1.807) is 17.0 Å². The van der Waals surface area contributed by atoms with Crippen LogP contribution in [0.15, 0.2) is 47.7 Å². The zero-order valence-corrected chi connectivity index (χ0v) is 8.26. The Labute approximate surface area is 88.0 Å². The van der Waals surface area contributed by atoms with E-state index in [0.717, 1.165) is 11.1 Å². The Kier molecular flexibility index (Phi) is 2.63. The Morgan fingerprint density at radius 3 is 2.67 bits per heavy atom. The minimum atomic E-state index is -0.0869. The van der Waals surface area contributed by atoms with Gasteiger partial charge >= 0.3 is 0 Å². The van der Waals surface area contributed by atoms with Gasteiger partial charge < -0.3 is 4.57 Å². The van der Waals surface area contributed by atoms with Crippen LogP contribution in [0.5, 0.6) is 0 Å². The first-order chi connectivity index (χ1) is 7.25. The molecule has 3 nitrogen and oxygen atoms in total. The largest absolute Gasteiger partial charge is 0.308 e. The predicted molar refractivity (Wildman–Crippen MR) is 58.5 cm³/mol. The molecule has 0 N–H and O–H groups in total. The predicted octanol–water partition coefficient (Wildman–Crippen LogP) is 1.47. The molecule has 0 atom stereocenters. The van der Waals surface area contributed by atoms with Gasteiger partial charge in [-0.2, -0.15) is 0 Å². The Morgan fingerprint density at radius 2 is 2.00 bits per heavy atom. The highest BCUT2D eigenvalue weighted by atomic mass is 16.1. The van der Waals surface area contributed by atoms with E-state index in [1.807, 2.05) is 24.3 Å². The normalized spacial score (nSPS) is 10.2. The van der Waals surface area contributed by atoms with Gasteiger partial charge in [0.15, 0.2) is 0 Å². The quantitative estimate of drug-likeness (QED) is 0.734. The Hall–Kier alpha value is -1.90. The van der Waals surface area contributed by atoms with Crippen LogP contribution in [0.3, 0.4) is 0 Å². The second-order valence-corrected chi connectivity index (χ2v) is 3.36. The fourth-order valence-corrected chi connectivity index (χ4v) is 1.35. The van der Waals surface area contributed by atoms with Crippen molar-refractivity contribution in [2.24, 2.45) is 0 Å². The summed E-state index contributed by atoms with van der Waals surface area (Å²) < 4.78 is 1.62. The smallest absolute Gasteiger partial charge is 0.269 e. The van der Waals surface area contributed by atoms with Crippen molar-refractivity contribution in [3.63, 3.8) is 0 Å². The van der Waals surface area contributed by atoms with E-state index >= 15 is 0 Å². The first kappa shape index (κ1) is 9.65. The minimum absolute atomic E-state index is 0.0869. The molecule has 15 heavy (non-hydrogen) atoms. The van der Waals surface area contributed by atoms with Crippen molar-refractivity contribution in [1.29, 1.82) is 0 Å². The molecule has 0 bridgehead atoms. The van der Waals surface area contributed by atoms with Crippen molar-refractivity contribution >= 4 is 0 Å². The van der Waals surface area contributed by atoms with Crippen LogP contribution < -0.4 is 5.56 Å². The fourth-order valence-electron chi connectivity index (χ4n) is 1.35. The zero-order chi connectivity index (χ0) is 10.7. The van der Waals surface area contributed by atoms with E-state index in [-0.39, 0.29) is 5.56 Å².